The minimum absolute atomic E-state index is 0.0108. The molecule has 1 aliphatic heterocycles. The summed E-state index contributed by atoms with van der Waals surface area (Å²) in [6.45, 7) is 18.7. The van der Waals surface area contributed by atoms with E-state index >= 15 is 0 Å². The van der Waals surface area contributed by atoms with Crippen LogP contribution in [0.5, 0.6) is 0 Å². The van der Waals surface area contributed by atoms with Crippen molar-refractivity contribution in [3.63, 3.8) is 0 Å². The van der Waals surface area contributed by atoms with Crippen LogP contribution in [0.1, 0.15) is 129 Å². The first-order chi connectivity index (χ1) is 36.5. The van der Waals surface area contributed by atoms with Crippen LogP contribution in [0, 0.1) is 50.2 Å². The summed E-state index contributed by atoms with van der Waals surface area (Å²) in [7, 11) is 1.67. The maximum absolute atomic E-state index is 14.7. The molecule has 10 nitrogen and oxygen atoms in total. The zero-order chi connectivity index (χ0) is 53.4. The van der Waals surface area contributed by atoms with Crippen molar-refractivity contribution in [1.82, 2.24) is 0 Å². The van der Waals surface area contributed by atoms with Crippen LogP contribution in [0.2, 0.25) is 0 Å². The fourth-order valence-corrected chi connectivity index (χ4v) is 16.2. The van der Waals surface area contributed by atoms with Gasteiger partial charge in [-0.2, -0.15) is 0 Å². The molecule has 0 amide bonds. The first-order valence-electron chi connectivity index (χ1n) is 28.5. The molecule has 0 bridgehead atoms. The minimum atomic E-state index is -1.21. The van der Waals surface area contributed by atoms with Gasteiger partial charge in [-0.15, -0.1) is 0 Å². The van der Waals surface area contributed by atoms with Crippen LogP contribution in [0.4, 0.5) is 0 Å². The van der Waals surface area contributed by atoms with Gasteiger partial charge < -0.3 is 43.0 Å². The van der Waals surface area contributed by atoms with Crippen LogP contribution >= 0.6 is 0 Å². The van der Waals surface area contributed by atoms with Crippen molar-refractivity contribution in [1.29, 1.82) is 0 Å². The van der Waals surface area contributed by atoms with Gasteiger partial charge >= 0.3 is 5.97 Å². The second-order valence-electron chi connectivity index (χ2n) is 25.7. The van der Waals surface area contributed by atoms with Crippen molar-refractivity contribution in [2.24, 2.45) is 50.2 Å². The molecule has 4 saturated carbocycles. The molecule has 1 heterocycles. The van der Waals surface area contributed by atoms with Crippen LogP contribution in [0.15, 0.2) is 133 Å². The van der Waals surface area contributed by atoms with Crippen molar-refractivity contribution >= 4 is 5.97 Å². The van der Waals surface area contributed by atoms with E-state index in [-0.39, 0.29) is 65.6 Å². The Morgan fingerprint density at radius 3 is 1.82 bits per heavy atom. The fraction of sp³-hybridized carbons (Fsp3) is 0.591. The Bertz CT molecular complexity index is 2570. The first-order valence-corrected chi connectivity index (χ1v) is 28.5. The van der Waals surface area contributed by atoms with Crippen LogP contribution < -0.4 is 0 Å². The van der Waals surface area contributed by atoms with E-state index in [0.717, 1.165) is 80.0 Å². The summed E-state index contributed by atoms with van der Waals surface area (Å²) in [6, 6.07) is 40.3. The number of methoxy groups -OCH3 is 1. The molecule has 1 saturated heterocycles. The molecule has 0 aromatic heterocycles. The van der Waals surface area contributed by atoms with Gasteiger partial charge in [-0.25, -0.2) is 0 Å². The van der Waals surface area contributed by atoms with Gasteiger partial charge in [-0.05, 0) is 125 Å². The van der Waals surface area contributed by atoms with E-state index in [1.165, 1.54) is 5.57 Å². The lowest BCUT2D eigenvalue weighted by atomic mass is 9.33. The maximum atomic E-state index is 14.7. The number of rotatable bonds is 18. The number of allylic oxidation sites excluding steroid dienone is 2. The van der Waals surface area contributed by atoms with E-state index in [1.807, 2.05) is 121 Å². The normalized spacial score (nSPS) is 36.4. The quantitative estimate of drug-likeness (QED) is 0.0448. The van der Waals surface area contributed by atoms with Crippen LogP contribution in [0.25, 0.3) is 0 Å². The predicted molar refractivity (Wildman–Crippen MR) is 293 cm³/mol. The Kier molecular flexibility index (Phi) is 16.3. The number of benzene rings is 4. The molecule has 6 aliphatic rings. The van der Waals surface area contributed by atoms with Gasteiger partial charge in [0.25, 0.3) is 0 Å². The first kappa shape index (κ1) is 55.1. The molecular formula is C66H86O10. The lowest BCUT2D eigenvalue weighted by Crippen LogP contribution is -2.69. The molecule has 0 radical (unpaired) electrons. The molecule has 1 N–H and O–H groups in total. The fourth-order valence-electron chi connectivity index (χ4n) is 16.2. The number of ether oxygens (including phenoxy) is 8. The summed E-state index contributed by atoms with van der Waals surface area (Å²) in [5, 5.41) is 12.7. The standard InChI is InChI=1S/C66H86O10/c1-61(2)33-35-66(60(68)73-42-48-27-19-12-20-28-48)36-34-64(6)49(50(66)37-61)29-30-54-63(5)38-51(74-44-69-8)58(62(3,4)53(63)31-32-65(54,64)7)76-59-55(67)57(72-41-47-25-17-11-18-26-47)56(71-40-46-23-15-10-16-24-46)52(75-59)43-70-39-45-21-13-9-14-22-45/h9-29,50-59,67H,30-44H2,1-8H3/t50-,51+,52+,53-,54+,55+,56+,57+,58-,59-,63-,64+,65+,66-/m0/s1. The van der Waals surface area contributed by atoms with Crippen LogP contribution in [0.3, 0.4) is 0 Å². The molecule has 4 aromatic carbocycles. The molecule has 5 aliphatic carbocycles. The number of esters is 1. The van der Waals surface area contributed by atoms with E-state index < -0.39 is 47.6 Å². The zero-order valence-electron chi connectivity index (χ0n) is 46.6. The van der Waals surface area contributed by atoms with Crippen molar-refractivity contribution in [2.45, 2.75) is 176 Å². The monoisotopic (exact) mass is 1040 g/mol. The third kappa shape index (κ3) is 10.6. The molecule has 410 valence electrons. The van der Waals surface area contributed by atoms with Gasteiger partial charge in [0.15, 0.2) is 6.29 Å². The molecule has 10 heteroatoms. The highest BCUT2D eigenvalue weighted by atomic mass is 16.7. The van der Waals surface area contributed by atoms with Crippen molar-refractivity contribution in [2.75, 3.05) is 20.5 Å². The maximum Gasteiger partial charge on any atom is 0.313 e. The predicted octanol–water partition coefficient (Wildman–Crippen LogP) is 13.0. The minimum Gasteiger partial charge on any atom is -0.460 e. The topological polar surface area (TPSA) is 111 Å². The van der Waals surface area contributed by atoms with Gasteiger partial charge in [-0.1, -0.05) is 181 Å². The van der Waals surface area contributed by atoms with Gasteiger partial charge in [0.2, 0.25) is 0 Å². The van der Waals surface area contributed by atoms with Crippen molar-refractivity contribution < 1.29 is 47.8 Å². The molecule has 76 heavy (non-hydrogen) atoms. The molecular weight excluding hydrogens is 953 g/mol. The summed E-state index contributed by atoms with van der Waals surface area (Å²) < 4.78 is 53.3. The van der Waals surface area contributed by atoms with E-state index in [2.05, 4.69) is 54.5 Å². The molecule has 4 aromatic rings. The number of hydrogen-bond acceptors (Lipinski definition) is 10. The van der Waals surface area contributed by atoms with Crippen molar-refractivity contribution in [3.05, 3.63) is 155 Å². The summed E-state index contributed by atoms with van der Waals surface area (Å²) >= 11 is 0. The second-order valence-corrected chi connectivity index (χ2v) is 25.7. The smallest absolute Gasteiger partial charge is 0.313 e. The van der Waals surface area contributed by atoms with E-state index in [4.69, 9.17) is 37.9 Å². The lowest BCUT2D eigenvalue weighted by molar-refractivity contribution is -0.355. The highest BCUT2D eigenvalue weighted by Gasteiger charge is 2.71. The number of hydrogen-bond donors (Lipinski definition) is 1. The largest absolute Gasteiger partial charge is 0.460 e. The number of aliphatic hydroxyl groups excluding tert-OH is 1. The third-order valence-electron chi connectivity index (χ3n) is 20.4. The SMILES string of the molecule is COCO[C@@H]1C[C@]2(C)[C@H]3CC=C4[C@@H]5CC(C)(C)CC[C@]5(C(=O)OCc5ccccc5)CC[C@@]4(C)[C@]3(C)CC[C@H]2C(C)(C)[C@H]1O[C@@H]1O[C@H](COCc2ccccc2)[C@@H](OCc2ccccc2)[C@H](OCc2ccccc2)[C@H]1O. The Morgan fingerprint density at radius 1 is 0.645 bits per heavy atom. The molecule has 10 rings (SSSR count). The summed E-state index contributed by atoms with van der Waals surface area (Å²) in [4.78, 5) is 14.7. The molecule has 0 unspecified atom stereocenters. The zero-order valence-corrected chi connectivity index (χ0v) is 46.6. The highest BCUT2D eigenvalue weighted by Crippen LogP contribution is 2.76. The van der Waals surface area contributed by atoms with Crippen LogP contribution in [-0.4, -0.2) is 74.5 Å². The third-order valence-corrected chi connectivity index (χ3v) is 20.4. The van der Waals surface area contributed by atoms with E-state index in [9.17, 15) is 9.90 Å². The Balaban J connectivity index is 0.942. The average molecular weight is 1040 g/mol. The number of fused-ring (bicyclic) bond motifs is 7. The Morgan fingerprint density at radius 2 is 1.21 bits per heavy atom. The molecule has 14 atom stereocenters. The Labute approximate surface area is 453 Å². The number of carbonyl (C=O) groups is 1. The molecule has 0 spiro atoms. The van der Waals surface area contributed by atoms with Gasteiger partial charge in [-0.3, -0.25) is 4.79 Å². The Hall–Kier alpha value is -4.23. The number of carbonyl (C=O) groups excluding carboxylic acids is 1. The number of aliphatic hydroxyl groups is 1. The summed E-state index contributed by atoms with van der Waals surface area (Å²) in [5.74, 6) is 0.726. The molecule has 5 fully saturated rings. The van der Waals surface area contributed by atoms with Crippen LogP contribution in [-0.2, 0) is 69.1 Å². The average Bonchev–Trinajstić information content (AvgIpc) is 3.55. The second kappa shape index (κ2) is 22.5. The lowest BCUT2D eigenvalue weighted by Gasteiger charge is -2.72. The van der Waals surface area contributed by atoms with Gasteiger partial charge in [0, 0.05) is 7.11 Å². The summed E-state index contributed by atoms with van der Waals surface area (Å²) in [6.07, 6.45) is 5.75. The summed E-state index contributed by atoms with van der Waals surface area (Å²) in [5.41, 5.74) is 4.46. The van der Waals surface area contributed by atoms with E-state index in [0.29, 0.717) is 25.7 Å². The van der Waals surface area contributed by atoms with Gasteiger partial charge in [0.1, 0.15) is 37.8 Å². The van der Waals surface area contributed by atoms with Crippen molar-refractivity contribution in [3.8, 4) is 0 Å². The van der Waals surface area contributed by atoms with Gasteiger partial charge in [0.05, 0.1) is 44.1 Å². The van der Waals surface area contributed by atoms with E-state index in [1.54, 1.807) is 7.11 Å². The highest BCUT2D eigenvalue weighted by molar-refractivity contribution is 5.79.